The Labute approximate surface area is 113 Å². The minimum Gasteiger partial charge on any atom is -0.299 e. The molecule has 2 heteroatoms. The minimum atomic E-state index is 0.219. The lowest BCUT2D eigenvalue weighted by Gasteiger charge is -2.19. The Morgan fingerprint density at radius 2 is 1.33 bits per heavy atom. The number of hydrogen-bond acceptors (Lipinski definition) is 2. The van der Waals surface area contributed by atoms with Gasteiger partial charge in [-0.05, 0) is 45.4 Å². The van der Waals surface area contributed by atoms with Crippen LogP contribution in [-0.2, 0) is 4.79 Å². The first-order chi connectivity index (χ1) is 8.49. The smallest absolute Gasteiger partial charge is 0.141 e. The Balaban J connectivity index is 4.85. The predicted octanol–water partition coefficient (Wildman–Crippen LogP) is 4.67. The van der Waals surface area contributed by atoms with E-state index < -0.39 is 0 Å². The zero-order valence-electron chi connectivity index (χ0n) is 13.1. The van der Waals surface area contributed by atoms with E-state index in [1.165, 1.54) is 0 Å². The summed E-state index contributed by atoms with van der Waals surface area (Å²) in [6.45, 7) is 12.7. The lowest BCUT2D eigenvalue weighted by molar-refractivity contribution is -0.121. The maximum Gasteiger partial charge on any atom is 0.141 e. The molecule has 0 saturated heterocycles. The second kappa shape index (κ2) is 9.29. The van der Waals surface area contributed by atoms with Crippen LogP contribution in [0.1, 0.15) is 73.6 Å². The van der Waals surface area contributed by atoms with Gasteiger partial charge in [0.15, 0.2) is 0 Å². The minimum absolute atomic E-state index is 0.219. The zero-order valence-corrected chi connectivity index (χ0v) is 13.1. The van der Waals surface area contributed by atoms with Crippen LogP contribution in [0, 0.1) is 11.8 Å². The van der Waals surface area contributed by atoms with Gasteiger partial charge in [-0.1, -0.05) is 27.7 Å². The third-order valence-corrected chi connectivity index (χ3v) is 3.68. The van der Waals surface area contributed by atoms with Gasteiger partial charge in [-0.2, -0.15) is 0 Å². The molecule has 0 aliphatic carbocycles. The number of hydrogen-bond donors (Lipinski definition) is 0. The number of ketones is 1. The van der Waals surface area contributed by atoms with Crippen molar-refractivity contribution in [2.24, 2.45) is 16.8 Å². The van der Waals surface area contributed by atoms with Gasteiger partial charge in [0.25, 0.3) is 0 Å². The van der Waals surface area contributed by atoms with E-state index in [0.717, 1.165) is 31.4 Å². The molecule has 0 saturated carbocycles. The van der Waals surface area contributed by atoms with Crippen LogP contribution in [-0.4, -0.2) is 17.5 Å². The quantitative estimate of drug-likeness (QED) is 0.549. The van der Waals surface area contributed by atoms with Crippen molar-refractivity contribution in [3.63, 3.8) is 0 Å². The molecule has 2 nitrogen and oxygen atoms in total. The highest BCUT2D eigenvalue weighted by atomic mass is 16.1. The van der Waals surface area contributed by atoms with E-state index in [9.17, 15) is 4.79 Å². The van der Waals surface area contributed by atoms with Crippen molar-refractivity contribution in [2.45, 2.75) is 79.7 Å². The van der Waals surface area contributed by atoms with Crippen LogP contribution in [0.4, 0.5) is 0 Å². The van der Waals surface area contributed by atoms with Crippen LogP contribution in [0.25, 0.3) is 0 Å². The van der Waals surface area contributed by atoms with E-state index in [1.54, 1.807) is 0 Å². The lowest BCUT2D eigenvalue weighted by atomic mass is 9.88. The van der Waals surface area contributed by atoms with Crippen molar-refractivity contribution in [3.8, 4) is 0 Å². The van der Waals surface area contributed by atoms with Crippen molar-refractivity contribution in [1.29, 1.82) is 0 Å². The van der Waals surface area contributed by atoms with Gasteiger partial charge in [-0.15, -0.1) is 0 Å². The van der Waals surface area contributed by atoms with Crippen LogP contribution in [0.15, 0.2) is 4.99 Å². The van der Waals surface area contributed by atoms with Gasteiger partial charge in [0, 0.05) is 24.1 Å². The van der Waals surface area contributed by atoms with Crippen molar-refractivity contribution in [3.05, 3.63) is 0 Å². The molecule has 0 bridgehead atoms. The highest BCUT2D eigenvalue weighted by Gasteiger charge is 2.20. The Morgan fingerprint density at radius 3 is 1.67 bits per heavy atom. The first kappa shape index (κ1) is 17.3. The molecule has 0 aromatic heterocycles. The van der Waals surface area contributed by atoms with Gasteiger partial charge < -0.3 is 0 Å². The van der Waals surface area contributed by atoms with Crippen LogP contribution in [0.5, 0.6) is 0 Å². The fraction of sp³-hybridized carbons (Fsp3) is 0.875. The molecule has 0 unspecified atom stereocenters. The third kappa shape index (κ3) is 5.79. The average Bonchev–Trinajstić information content (AvgIpc) is 2.31. The molecule has 0 N–H and O–H groups in total. The molecule has 0 aromatic carbocycles. The Bertz CT molecular complexity index is 260. The molecular formula is C16H31NO. The molecule has 0 heterocycles. The molecule has 0 aliphatic heterocycles. The second-order valence-electron chi connectivity index (χ2n) is 5.38. The lowest BCUT2D eigenvalue weighted by Crippen LogP contribution is -2.23. The summed E-state index contributed by atoms with van der Waals surface area (Å²) in [7, 11) is 0. The Hall–Kier alpha value is -0.660. The van der Waals surface area contributed by atoms with Crippen LogP contribution in [0.2, 0.25) is 0 Å². The summed E-state index contributed by atoms with van der Waals surface area (Å²) in [6, 6.07) is 0.287. The van der Waals surface area contributed by atoms with E-state index in [1.807, 2.05) is 0 Å². The summed E-state index contributed by atoms with van der Waals surface area (Å²) in [4.78, 5) is 17.0. The molecule has 0 aliphatic rings. The summed E-state index contributed by atoms with van der Waals surface area (Å²) in [6.07, 6.45) is 4.63. The topological polar surface area (TPSA) is 29.4 Å². The summed E-state index contributed by atoms with van der Waals surface area (Å²) in [5.74, 6) is 1.08. The summed E-state index contributed by atoms with van der Waals surface area (Å²) in [5, 5.41) is 0. The van der Waals surface area contributed by atoms with Gasteiger partial charge >= 0.3 is 0 Å². The van der Waals surface area contributed by atoms with E-state index in [-0.39, 0.29) is 12.0 Å². The molecule has 0 amide bonds. The molecule has 0 aromatic rings. The molecular weight excluding hydrogens is 222 g/mol. The second-order valence-corrected chi connectivity index (χ2v) is 5.38. The predicted molar refractivity (Wildman–Crippen MR) is 80.3 cm³/mol. The fourth-order valence-corrected chi connectivity index (χ4v) is 2.45. The van der Waals surface area contributed by atoms with E-state index in [0.29, 0.717) is 18.1 Å². The number of carbonyl (C=O) groups is 1. The maximum absolute atomic E-state index is 12.3. The molecule has 0 fully saturated rings. The van der Waals surface area contributed by atoms with Crippen LogP contribution < -0.4 is 0 Å². The fourth-order valence-electron chi connectivity index (χ4n) is 2.45. The number of carbonyl (C=O) groups excluding carboxylic acids is 1. The van der Waals surface area contributed by atoms with Crippen LogP contribution >= 0.6 is 0 Å². The van der Waals surface area contributed by atoms with Gasteiger partial charge in [-0.3, -0.25) is 9.79 Å². The maximum atomic E-state index is 12.3. The average molecular weight is 253 g/mol. The number of nitrogens with zero attached hydrogens (tertiary/aromatic N) is 1. The summed E-state index contributed by atoms with van der Waals surface area (Å²) in [5.41, 5.74) is 1.13. The molecule has 106 valence electrons. The van der Waals surface area contributed by atoms with Crippen LogP contribution in [0.3, 0.4) is 0 Å². The first-order valence-corrected chi connectivity index (χ1v) is 7.59. The van der Waals surface area contributed by atoms with Crippen molar-refractivity contribution >= 4 is 11.5 Å². The molecule has 0 rings (SSSR count). The largest absolute Gasteiger partial charge is 0.299 e. The highest BCUT2D eigenvalue weighted by molar-refractivity contribution is 6.03. The third-order valence-electron chi connectivity index (χ3n) is 3.68. The molecule has 0 radical (unpaired) electrons. The molecule has 0 atom stereocenters. The normalized spacial score (nSPS) is 12.8. The van der Waals surface area contributed by atoms with E-state index in [4.69, 9.17) is 4.99 Å². The highest BCUT2D eigenvalue weighted by Crippen LogP contribution is 2.18. The monoisotopic (exact) mass is 253 g/mol. The summed E-state index contributed by atoms with van der Waals surface area (Å²) < 4.78 is 0. The van der Waals surface area contributed by atoms with Gasteiger partial charge in [0.05, 0.1) is 0 Å². The Morgan fingerprint density at radius 1 is 0.889 bits per heavy atom. The van der Waals surface area contributed by atoms with E-state index >= 15 is 0 Å². The number of Topliss-reactive ketones (excluding diaryl/α,β-unsaturated/α-hetero) is 1. The SMILES string of the molecule is CCC(CC)C(=O)C/C(=N/C(C)C)C(CC)CC. The van der Waals surface area contributed by atoms with Gasteiger partial charge in [0.1, 0.15) is 5.78 Å². The zero-order chi connectivity index (χ0) is 14.1. The van der Waals surface area contributed by atoms with Crippen molar-refractivity contribution < 1.29 is 4.79 Å². The molecule has 18 heavy (non-hydrogen) atoms. The summed E-state index contributed by atoms with van der Waals surface area (Å²) >= 11 is 0. The number of aliphatic imine (C=N–C) groups is 1. The Kier molecular flexibility index (Phi) is 8.95. The first-order valence-electron chi connectivity index (χ1n) is 7.59. The number of rotatable bonds is 9. The molecule has 0 spiro atoms. The van der Waals surface area contributed by atoms with Crippen molar-refractivity contribution in [1.82, 2.24) is 0 Å². The van der Waals surface area contributed by atoms with E-state index in [2.05, 4.69) is 41.5 Å². The standard InChI is InChI=1S/C16H31NO/c1-7-13(8-2)15(17-12(5)6)11-16(18)14(9-3)10-4/h12-14H,7-11H2,1-6H3/b17-15-. The van der Waals surface area contributed by atoms with Crippen molar-refractivity contribution in [2.75, 3.05) is 0 Å². The van der Waals surface area contributed by atoms with Gasteiger partial charge in [-0.25, -0.2) is 0 Å². The van der Waals surface area contributed by atoms with Gasteiger partial charge in [0.2, 0.25) is 0 Å².